The van der Waals surface area contributed by atoms with Gasteiger partial charge in [-0.1, -0.05) is 0 Å². The zero-order valence-corrected chi connectivity index (χ0v) is 11.9. The van der Waals surface area contributed by atoms with Crippen molar-refractivity contribution in [3.63, 3.8) is 0 Å². The average molecular weight is 278 g/mol. The monoisotopic (exact) mass is 277 g/mol. The molecule has 0 aliphatic heterocycles. The molecule has 4 heteroatoms. The highest BCUT2D eigenvalue weighted by atomic mass is 35.5. The Hall–Kier alpha value is -0.570. The number of hydrogen-bond donors (Lipinski definition) is 0. The van der Waals surface area contributed by atoms with Crippen molar-refractivity contribution in [2.45, 2.75) is 62.8 Å². The van der Waals surface area contributed by atoms with E-state index in [0.717, 1.165) is 17.8 Å². The molecule has 4 bridgehead atoms. The van der Waals surface area contributed by atoms with Gasteiger partial charge in [0.2, 0.25) is 5.28 Å². The summed E-state index contributed by atoms with van der Waals surface area (Å²) in [7, 11) is 0. The van der Waals surface area contributed by atoms with Crippen molar-refractivity contribution in [3.8, 4) is 0 Å². The van der Waals surface area contributed by atoms with Crippen LogP contribution in [0, 0.1) is 17.8 Å². The van der Waals surface area contributed by atoms with Gasteiger partial charge in [-0.15, -0.1) is 10.2 Å². The molecule has 0 spiro atoms. The molecule has 6 rings (SSSR count). The van der Waals surface area contributed by atoms with Crippen molar-refractivity contribution in [2.24, 2.45) is 17.8 Å². The van der Waals surface area contributed by atoms with E-state index in [-0.39, 0.29) is 0 Å². The minimum atomic E-state index is 0.331. The van der Waals surface area contributed by atoms with Gasteiger partial charge < -0.3 is 0 Å². The second kappa shape index (κ2) is 3.55. The van der Waals surface area contributed by atoms with E-state index in [1.54, 1.807) is 0 Å². The molecule has 0 N–H and O–H groups in total. The van der Waals surface area contributed by atoms with Crippen LogP contribution in [-0.4, -0.2) is 14.8 Å². The predicted molar refractivity (Wildman–Crippen MR) is 73.2 cm³/mol. The molecule has 3 nitrogen and oxygen atoms in total. The van der Waals surface area contributed by atoms with E-state index in [4.69, 9.17) is 11.6 Å². The molecule has 5 aliphatic rings. The molecule has 1 aromatic heterocycles. The van der Waals surface area contributed by atoms with Gasteiger partial charge in [-0.2, -0.15) is 0 Å². The molecule has 0 unspecified atom stereocenters. The fraction of sp³-hybridized carbons (Fsp3) is 0.867. The van der Waals surface area contributed by atoms with Crippen molar-refractivity contribution in [1.82, 2.24) is 14.8 Å². The molecule has 5 fully saturated rings. The van der Waals surface area contributed by atoms with Crippen LogP contribution >= 0.6 is 11.6 Å². The zero-order chi connectivity index (χ0) is 12.6. The van der Waals surface area contributed by atoms with Gasteiger partial charge >= 0.3 is 0 Å². The highest BCUT2D eigenvalue weighted by Crippen LogP contribution is 2.61. The Morgan fingerprint density at radius 1 is 0.947 bits per heavy atom. The third-order valence-corrected chi connectivity index (χ3v) is 6.34. The Morgan fingerprint density at radius 3 is 2.05 bits per heavy atom. The third kappa shape index (κ3) is 1.51. The molecule has 102 valence electrons. The van der Waals surface area contributed by atoms with Crippen LogP contribution in [0.5, 0.6) is 0 Å². The molecule has 0 amide bonds. The molecule has 5 aliphatic carbocycles. The summed E-state index contributed by atoms with van der Waals surface area (Å²) in [5.41, 5.74) is 0.331. The topological polar surface area (TPSA) is 30.7 Å². The van der Waals surface area contributed by atoms with Gasteiger partial charge in [0.15, 0.2) is 0 Å². The highest BCUT2D eigenvalue weighted by Gasteiger charge is 2.54. The molecule has 0 radical (unpaired) electrons. The van der Waals surface area contributed by atoms with Crippen LogP contribution < -0.4 is 0 Å². The molecule has 1 aromatic rings. The summed E-state index contributed by atoms with van der Waals surface area (Å²) in [4.78, 5) is 0. The lowest BCUT2D eigenvalue weighted by molar-refractivity contribution is -0.0112. The number of aromatic nitrogens is 3. The van der Waals surface area contributed by atoms with Gasteiger partial charge in [0.1, 0.15) is 5.82 Å². The Balaban J connectivity index is 1.62. The first-order chi connectivity index (χ1) is 9.23. The third-order valence-electron chi connectivity index (χ3n) is 6.08. The minimum absolute atomic E-state index is 0.331. The first-order valence-electron chi connectivity index (χ1n) is 7.84. The van der Waals surface area contributed by atoms with Crippen LogP contribution in [0.1, 0.15) is 63.2 Å². The summed E-state index contributed by atoms with van der Waals surface area (Å²) in [5.74, 6) is 4.11. The van der Waals surface area contributed by atoms with Crippen molar-refractivity contribution < 1.29 is 0 Å². The molecule has 0 aromatic carbocycles. The van der Waals surface area contributed by atoms with Gasteiger partial charge in [0.05, 0.1) is 0 Å². The summed E-state index contributed by atoms with van der Waals surface area (Å²) in [6.07, 6.45) is 11.0. The van der Waals surface area contributed by atoms with Crippen LogP contribution in [0.3, 0.4) is 0 Å². The van der Waals surface area contributed by atoms with Crippen molar-refractivity contribution in [3.05, 3.63) is 11.1 Å². The van der Waals surface area contributed by atoms with E-state index in [2.05, 4.69) is 14.8 Å². The lowest BCUT2D eigenvalue weighted by Gasteiger charge is -2.56. The summed E-state index contributed by atoms with van der Waals surface area (Å²) in [5, 5.41) is 9.39. The van der Waals surface area contributed by atoms with Gasteiger partial charge in [0.25, 0.3) is 0 Å². The van der Waals surface area contributed by atoms with Gasteiger partial charge in [-0.25, -0.2) is 0 Å². The van der Waals surface area contributed by atoms with Crippen molar-refractivity contribution in [1.29, 1.82) is 0 Å². The zero-order valence-electron chi connectivity index (χ0n) is 11.2. The molecular weight excluding hydrogens is 258 g/mol. The summed E-state index contributed by atoms with van der Waals surface area (Å²) >= 11 is 6.31. The SMILES string of the molecule is Clc1nnc(C23CC4CC(CC(C4)C2)C3)n1C1CC1. The quantitative estimate of drug-likeness (QED) is 0.825. The molecular formula is C15H20ClN3. The second-order valence-electron chi connectivity index (χ2n) is 7.59. The van der Waals surface area contributed by atoms with Crippen LogP contribution in [0.15, 0.2) is 0 Å². The average Bonchev–Trinajstić information content (AvgIpc) is 3.10. The summed E-state index contributed by atoms with van der Waals surface area (Å²) in [6.45, 7) is 0. The van der Waals surface area contributed by atoms with Crippen LogP contribution in [-0.2, 0) is 5.41 Å². The number of hydrogen-bond acceptors (Lipinski definition) is 2. The van der Waals surface area contributed by atoms with Crippen molar-refractivity contribution >= 4 is 11.6 Å². The predicted octanol–water partition coefficient (Wildman–Crippen LogP) is 3.73. The maximum absolute atomic E-state index is 6.31. The lowest BCUT2D eigenvalue weighted by atomic mass is 9.49. The van der Waals surface area contributed by atoms with Crippen molar-refractivity contribution in [2.75, 3.05) is 0 Å². The highest BCUT2D eigenvalue weighted by molar-refractivity contribution is 6.28. The molecule has 1 heterocycles. The van der Waals surface area contributed by atoms with Crippen LogP contribution in [0.4, 0.5) is 0 Å². The van der Waals surface area contributed by atoms with Gasteiger partial charge in [-0.3, -0.25) is 4.57 Å². The van der Waals surface area contributed by atoms with Crippen LogP contribution in [0.2, 0.25) is 5.28 Å². The maximum atomic E-state index is 6.31. The number of halogens is 1. The van der Waals surface area contributed by atoms with Crippen LogP contribution in [0.25, 0.3) is 0 Å². The lowest BCUT2D eigenvalue weighted by Crippen LogP contribution is -2.49. The smallest absolute Gasteiger partial charge is 0.225 e. The number of rotatable bonds is 2. The molecule has 5 saturated carbocycles. The van der Waals surface area contributed by atoms with Gasteiger partial charge in [0, 0.05) is 11.5 Å². The molecule has 0 saturated heterocycles. The van der Waals surface area contributed by atoms with E-state index >= 15 is 0 Å². The fourth-order valence-corrected chi connectivity index (χ4v) is 5.93. The normalized spacial score (nSPS) is 43.9. The number of nitrogens with zero attached hydrogens (tertiary/aromatic N) is 3. The Kier molecular flexibility index (Phi) is 2.08. The van der Waals surface area contributed by atoms with E-state index < -0.39 is 0 Å². The van der Waals surface area contributed by atoms with Gasteiger partial charge in [-0.05, 0) is 80.7 Å². The largest absolute Gasteiger partial charge is 0.298 e. The molecule has 19 heavy (non-hydrogen) atoms. The van der Waals surface area contributed by atoms with E-state index in [0.29, 0.717) is 16.7 Å². The second-order valence-corrected chi connectivity index (χ2v) is 7.93. The fourth-order valence-electron chi connectivity index (χ4n) is 5.67. The Morgan fingerprint density at radius 2 is 1.53 bits per heavy atom. The van der Waals surface area contributed by atoms with E-state index in [1.165, 1.54) is 57.2 Å². The Labute approximate surface area is 118 Å². The summed E-state index contributed by atoms with van der Waals surface area (Å²) in [6, 6.07) is 0.602. The van der Waals surface area contributed by atoms with E-state index in [9.17, 15) is 0 Å². The maximum Gasteiger partial charge on any atom is 0.225 e. The standard InChI is InChI=1S/C15H20ClN3/c16-14-18-17-13(19(14)12-1-2-12)15-6-9-3-10(7-15)5-11(4-9)8-15/h9-12H,1-8H2. The van der Waals surface area contributed by atoms with E-state index in [1.807, 2.05) is 0 Å². The Bertz CT molecular complexity index is 496. The first-order valence-corrected chi connectivity index (χ1v) is 8.22. The minimum Gasteiger partial charge on any atom is -0.298 e. The molecule has 0 atom stereocenters. The summed E-state index contributed by atoms with van der Waals surface area (Å²) < 4.78 is 2.29. The first kappa shape index (κ1) is 11.1.